The lowest BCUT2D eigenvalue weighted by Crippen LogP contribution is -2.34. The number of hydrogen-bond donors (Lipinski definition) is 1. The molecule has 26 heavy (non-hydrogen) atoms. The zero-order valence-corrected chi connectivity index (χ0v) is 15.3. The Balaban J connectivity index is 1.52. The van der Waals surface area contributed by atoms with Crippen molar-refractivity contribution >= 4 is 17.5 Å². The maximum atomic E-state index is 12.4. The maximum Gasteiger partial charge on any atom is 0.227 e. The number of nitrogens with one attached hydrogen (secondary N) is 1. The molecular formula is C19H26N2O5. The monoisotopic (exact) mass is 362 g/mol. The fourth-order valence-electron chi connectivity index (χ4n) is 3.08. The molecule has 0 radical (unpaired) electrons. The summed E-state index contributed by atoms with van der Waals surface area (Å²) in [5.41, 5.74) is 0.736. The minimum atomic E-state index is -0.332. The molecule has 2 heterocycles. The van der Waals surface area contributed by atoms with Crippen molar-refractivity contribution in [3.63, 3.8) is 0 Å². The highest BCUT2D eigenvalue weighted by atomic mass is 16.6. The van der Waals surface area contributed by atoms with Gasteiger partial charge in [-0.05, 0) is 32.4 Å². The van der Waals surface area contributed by atoms with E-state index in [1.54, 1.807) is 17.0 Å². The average Bonchev–Trinajstić information content (AvgIpc) is 3.02. The van der Waals surface area contributed by atoms with Gasteiger partial charge in [0, 0.05) is 37.9 Å². The molecule has 1 N–H and O–H groups in total. The number of benzene rings is 1. The number of fused-ring (bicyclic) bond motifs is 1. The highest BCUT2D eigenvalue weighted by Gasteiger charge is 2.35. The first-order valence-corrected chi connectivity index (χ1v) is 9.14. The van der Waals surface area contributed by atoms with Crippen molar-refractivity contribution in [2.24, 2.45) is 5.92 Å². The van der Waals surface area contributed by atoms with Crippen LogP contribution in [0.4, 0.5) is 5.69 Å². The van der Waals surface area contributed by atoms with Gasteiger partial charge >= 0.3 is 0 Å². The molecule has 0 bridgehead atoms. The van der Waals surface area contributed by atoms with Gasteiger partial charge < -0.3 is 24.4 Å². The van der Waals surface area contributed by atoms with Crippen LogP contribution in [0, 0.1) is 5.92 Å². The molecule has 1 saturated heterocycles. The molecule has 0 aromatic heterocycles. The Morgan fingerprint density at radius 1 is 1.31 bits per heavy atom. The Labute approximate surface area is 153 Å². The summed E-state index contributed by atoms with van der Waals surface area (Å²) in [5, 5.41) is 2.90. The molecule has 1 aromatic carbocycles. The summed E-state index contributed by atoms with van der Waals surface area (Å²) in [4.78, 5) is 26.3. The summed E-state index contributed by atoms with van der Waals surface area (Å²) in [6, 6.07) is 5.43. The number of nitrogens with zero attached hydrogens (tertiary/aromatic N) is 1. The van der Waals surface area contributed by atoms with Gasteiger partial charge in [0.1, 0.15) is 13.2 Å². The van der Waals surface area contributed by atoms with Gasteiger partial charge in [-0.1, -0.05) is 0 Å². The van der Waals surface area contributed by atoms with E-state index >= 15 is 0 Å². The third-order valence-electron chi connectivity index (χ3n) is 4.40. The Morgan fingerprint density at radius 3 is 2.85 bits per heavy atom. The molecule has 0 saturated carbocycles. The van der Waals surface area contributed by atoms with Crippen molar-refractivity contribution in [2.45, 2.75) is 32.8 Å². The Kier molecular flexibility index (Phi) is 5.98. The number of rotatable bonds is 7. The van der Waals surface area contributed by atoms with Gasteiger partial charge in [0.05, 0.1) is 12.0 Å². The second kappa shape index (κ2) is 8.40. The summed E-state index contributed by atoms with van der Waals surface area (Å²) in [7, 11) is 0. The zero-order valence-electron chi connectivity index (χ0n) is 15.3. The lowest BCUT2D eigenvalue weighted by Gasteiger charge is -2.22. The Bertz CT molecular complexity index is 661. The standard InChI is InChI=1S/C19H26N2O5/c1-13(2)24-7-3-6-20-19(23)14-10-18(22)21(12-14)15-4-5-16-17(11-15)26-9-8-25-16/h4-5,11,13-14H,3,6-10,12H2,1-2H3,(H,20,23). The minimum Gasteiger partial charge on any atom is -0.486 e. The predicted octanol–water partition coefficient (Wildman–Crippen LogP) is 1.74. The molecule has 1 unspecified atom stereocenters. The largest absolute Gasteiger partial charge is 0.486 e. The molecular weight excluding hydrogens is 336 g/mol. The van der Waals surface area contributed by atoms with Gasteiger partial charge in [-0.25, -0.2) is 0 Å². The number of anilines is 1. The highest BCUT2D eigenvalue weighted by molar-refractivity contribution is 6.00. The molecule has 0 spiro atoms. The van der Waals surface area contributed by atoms with Crippen LogP contribution in [0.25, 0.3) is 0 Å². The third kappa shape index (κ3) is 4.46. The van der Waals surface area contributed by atoms with E-state index in [-0.39, 0.29) is 30.3 Å². The summed E-state index contributed by atoms with van der Waals surface area (Å²) in [5.74, 6) is 0.860. The van der Waals surface area contributed by atoms with Crippen molar-refractivity contribution in [1.29, 1.82) is 0 Å². The van der Waals surface area contributed by atoms with Crippen molar-refractivity contribution in [3.8, 4) is 11.5 Å². The van der Waals surface area contributed by atoms with Crippen LogP contribution < -0.4 is 19.7 Å². The van der Waals surface area contributed by atoms with Crippen LogP contribution in [0.2, 0.25) is 0 Å². The fourth-order valence-corrected chi connectivity index (χ4v) is 3.08. The molecule has 7 heteroatoms. The second-order valence-corrected chi connectivity index (χ2v) is 6.80. The normalized spacial score (nSPS) is 19.1. The summed E-state index contributed by atoms with van der Waals surface area (Å²) < 4.78 is 16.5. The predicted molar refractivity (Wildman–Crippen MR) is 96.6 cm³/mol. The van der Waals surface area contributed by atoms with E-state index in [9.17, 15) is 9.59 Å². The van der Waals surface area contributed by atoms with E-state index in [0.717, 1.165) is 12.1 Å². The van der Waals surface area contributed by atoms with Crippen molar-refractivity contribution in [1.82, 2.24) is 5.32 Å². The molecule has 2 amide bonds. The highest BCUT2D eigenvalue weighted by Crippen LogP contribution is 2.35. The minimum absolute atomic E-state index is 0.0510. The smallest absolute Gasteiger partial charge is 0.227 e. The average molecular weight is 362 g/mol. The summed E-state index contributed by atoms with van der Waals surface area (Å²) >= 11 is 0. The van der Waals surface area contributed by atoms with Gasteiger partial charge in [0.2, 0.25) is 11.8 Å². The van der Waals surface area contributed by atoms with Gasteiger partial charge in [-0.2, -0.15) is 0 Å². The first-order valence-electron chi connectivity index (χ1n) is 9.14. The second-order valence-electron chi connectivity index (χ2n) is 6.80. The molecule has 142 valence electrons. The van der Waals surface area contributed by atoms with E-state index < -0.39 is 0 Å². The van der Waals surface area contributed by atoms with Crippen molar-refractivity contribution in [3.05, 3.63) is 18.2 Å². The molecule has 2 aliphatic heterocycles. The SMILES string of the molecule is CC(C)OCCCNC(=O)C1CC(=O)N(c2ccc3c(c2)OCCO3)C1. The Morgan fingerprint density at radius 2 is 2.08 bits per heavy atom. The van der Waals surface area contributed by atoms with Crippen LogP contribution in [0.1, 0.15) is 26.7 Å². The first-order chi connectivity index (χ1) is 12.5. The van der Waals surface area contributed by atoms with Gasteiger partial charge in [0.15, 0.2) is 11.5 Å². The van der Waals surface area contributed by atoms with Gasteiger partial charge in [-0.3, -0.25) is 9.59 Å². The van der Waals surface area contributed by atoms with E-state index in [4.69, 9.17) is 14.2 Å². The van der Waals surface area contributed by atoms with Gasteiger partial charge in [0.25, 0.3) is 0 Å². The molecule has 3 rings (SSSR count). The van der Waals surface area contributed by atoms with Crippen LogP contribution in [0.5, 0.6) is 11.5 Å². The summed E-state index contributed by atoms with van der Waals surface area (Å²) in [6.07, 6.45) is 1.18. The molecule has 1 atom stereocenters. The molecule has 2 aliphatic rings. The van der Waals surface area contributed by atoms with E-state index in [1.165, 1.54) is 0 Å². The quantitative estimate of drug-likeness (QED) is 0.748. The fraction of sp³-hybridized carbons (Fsp3) is 0.579. The summed E-state index contributed by atoms with van der Waals surface area (Å²) in [6.45, 7) is 6.54. The van der Waals surface area contributed by atoms with E-state index in [1.807, 2.05) is 19.9 Å². The topological polar surface area (TPSA) is 77.1 Å². The van der Waals surface area contributed by atoms with Crippen LogP contribution in [-0.4, -0.2) is 50.8 Å². The lowest BCUT2D eigenvalue weighted by molar-refractivity contribution is -0.126. The van der Waals surface area contributed by atoms with Crippen molar-refractivity contribution in [2.75, 3.05) is 37.8 Å². The van der Waals surface area contributed by atoms with Crippen LogP contribution >= 0.6 is 0 Å². The van der Waals surface area contributed by atoms with Gasteiger partial charge in [-0.15, -0.1) is 0 Å². The molecule has 7 nitrogen and oxygen atoms in total. The molecule has 1 fully saturated rings. The Hall–Kier alpha value is -2.28. The van der Waals surface area contributed by atoms with E-state index in [2.05, 4.69) is 5.32 Å². The lowest BCUT2D eigenvalue weighted by atomic mass is 10.1. The first kappa shape index (κ1) is 18.5. The van der Waals surface area contributed by atoms with Crippen LogP contribution in [0.15, 0.2) is 18.2 Å². The third-order valence-corrected chi connectivity index (χ3v) is 4.40. The van der Waals surface area contributed by atoms with Crippen LogP contribution in [0.3, 0.4) is 0 Å². The molecule has 1 aromatic rings. The number of carbonyl (C=O) groups excluding carboxylic acids is 2. The maximum absolute atomic E-state index is 12.4. The van der Waals surface area contributed by atoms with Crippen LogP contribution in [-0.2, 0) is 14.3 Å². The molecule has 0 aliphatic carbocycles. The van der Waals surface area contributed by atoms with Crippen molar-refractivity contribution < 1.29 is 23.8 Å². The zero-order chi connectivity index (χ0) is 18.5. The number of ether oxygens (including phenoxy) is 3. The number of carbonyl (C=O) groups is 2. The number of hydrogen-bond acceptors (Lipinski definition) is 5. The number of amides is 2. The van der Waals surface area contributed by atoms with E-state index in [0.29, 0.717) is 44.4 Å².